The first-order valence-electron chi connectivity index (χ1n) is 9.01. The fourth-order valence-corrected chi connectivity index (χ4v) is 3.44. The Kier molecular flexibility index (Phi) is 6.55. The van der Waals surface area contributed by atoms with Crippen molar-refractivity contribution in [3.8, 4) is 17.0 Å². The Labute approximate surface area is 167 Å². The first-order valence-corrected chi connectivity index (χ1v) is 9.82. The minimum atomic E-state index is -0.293. The highest BCUT2D eigenvalue weighted by molar-refractivity contribution is 7.16. The van der Waals surface area contributed by atoms with E-state index in [1.165, 1.54) is 29.5 Å². The highest BCUT2D eigenvalue weighted by atomic mass is 32.1. The van der Waals surface area contributed by atoms with Gasteiger partial charge in [0, 0.05) is 22.1 Å². The van der Waals surface area contributed by atoms with Gasteiger partial charge < -0.3 is 4.74 Å². The number of para-hydroxylation sites is 1. The van der Waals surface area contributed by atoms with Gasteiger partial charge in [0.25, 0.3) is 0 Å². The number of halogens is 1. The molecule has 1 amide bonds. The van der Waals surface area contributed by atoms with Crippen molar-refractivity contribution in [3.63, 3.8) is 0 Å². The quantitative estimate of drug-likeness (QED) is 0.521. The molecule has 3 rings (SSSR count). The van der Waals surface area contributed by atoms with Gasteiger partial charge in [0.15, 0.2) is 5.13 Å². The van der Waals surface area contributed by atoms with Crippen LogP contribution in [-0.2, 0) is 4.79 Å². The number of hydrogen-bond donors (Lipinski definition) is 1. The zero-order valence-electron chi connectivity index (χ0n) is 15.7. The Morgan fingerprint density at radius 2 is 1.96 bits per heavy atom. The van der Waals surface area contributed by atoms with Crippen LogP contribution in [0.15, 0.2) is 54.6 Å². The lowest BCUT2D eigenvalue weighted by atomic mass is 10.1. The monoisotopic (exact) mass is 396 g/mol. The average Bonchev–Trinajstić information content (AvgIpc) is 3.06. The lowest BCUT2D eigenvalue weighted by molar-refractivity contribution is -0.111. The molecule has 0 saturated carbocycles. The topological polar surface area (TPSA) is 51.2 Å². The Morgan fingerprint density at radius 3 is 2.71 bits per heavy atom. The van der Waals surface area contributed by atoms with Gasteiger partial charge in [-0.25, -0.2) is 9.37 Å². The summed E-state index contributed by atoms with van der Waals surface area (Å²) in [5, 5.41) is 3.29. The van der Waals surface area contributed by atoms with E-state index >= 15 is 0 Å². The van der Waals surface area contributed by atoms with Crippen molar-refractivity contribution in [1.82, 2.24) is 4.98 Å². The van der Waals surface area contributed by atoms with Crippen molar-refractivity contribution < 1.29 is 13.9 Å². The number of aryl methyl sites for hydroxylation is 1. The third-order valence-corrected chi connectivity index (χ3v) is 4.83. The lowest BCUT2D eigenvalue weighted by Gasteiger charge is -2.07. The third-order valence-electron chi connectivity index (χ3n) is 3.94. The van der Waals surface area contributed by atoms with E-state index in [9.17, 15) is 9.18 Å². The molecule has 28 heavy (non-hydrogen) atoms. The van der Waals surface area contributed by atoms with Gasteiger partial charge >= 0.3 is 0 Å². The molecule has 0 saturated heterocycles. The largest absolute Gasteiger partial charge is 0.493 e. The van der Waals surface area contributed by atoms with Gasteiger partial charge in [0.2, 0.25) is 5.91 Å². The molecule has 0 aliphatic rings. The molecule has 144 valence electrons. The zero-order valence-corrected chi connectivity index (χ0v) is 16.6. The van der Waals surface area contributed by atoms with Gasteiger partial charge in [0.1, 0.15) is 11.6 Å². The third kappa shape index (κ3) is 5.04. The summed E-state index contributed by atoms with van der Waals surface area (Å²) in [6, 6.07) is 13.7. The summed E-state index contributed by atoms with van der Waals surface area (Å²) in [6.07, 6.45) is 4.10. The number of benzene rings is 2. The standard InChI is InChI=1S/C22H21FN2O2S/c1-3-14-27-19-7-5-4-6-16(19)10-13-20(26)24-22-25-21(15(2)28-22)17-8-11-18(23)12-9-17/h4-13H,3,14H2,1-2H3,(H,24,25,26)/b13-10+. The number of amides is 1. The van der Waals surface area contributed by atoms with E-state index < -0.39 is 0 Å². The van der Waals surface area contributed by atoms with Crippen molar-refractivity contribution in [3.05, 3.63) is 70.9 Å². The number of carbonyl (C=O) groups is 1. The summed E-state index contributed by atoms with van der Waals surface area (Å²) in [4.78, 5) is 17.7. The van der Waals surface area contributed by atoms with Gasteiger partial charge in [-0.15, -0.1) is 11.3 Å². The molecule has 0 radical (unpaired) electrons. The minimum Gasteiger partial charge on any atom is -0.493 e. The smallest absolute Gasteiger partial charge is 0.250 e. The molecule has 1 N–H and O–H groups in total. The Bertz CT molecular complexity index is 980. The van der Waals surface area contributed by atoms with E-state index in [0.29, 0.717) is 11.7 Å². The maximum absolute atomic E-state index is 13.1. The normalized spacial score (nSPS) is 11.0. The number of rotatable bonds is 7. The van der Waals surface area contributed by atoms with Crippen LogP contribution in [-0.4, -0.2) is 17.5 Å². The highest BCUT2D eigenvalue weighted by Crippen LogP contribution is 2.30. The predicted octanol–water partition coefficient (Wildman–Crippen LogP) is 5.70. The first kappa shape index (κ1) is 19.8. The molecule has 0 unspecified atom stereocenters. The van der Waals surface area contributed by atoms with Crippen LogP contribution >= 0.6 is 11.3 Å². The summed E-state index contributed by atoms with van der Waals surface area (Å²) in [7, 11) is 0. The number of hydrogen-bond acceptors (Lipinski definition) is 4. The van der Waals surface area contributed by atoms with Crippen molar-refractivity contribution in [2.75, 3.05) is 11.9 Å². The van der Waals surface area contributed by atoms with Gasteiger partial charge in [-0.05, 0) is 49.8 Å². The first-order chi connectivity index (χ1) is 13.6. The van der Waals surface area contributed by atoms with Crippen LogP contribution in [0, 0.1) is 12.7 Å². The number of anilines is 1. The van der Waals surface area contributed by atoms with Crippen molar-refractivity contribution >= 4 is 28.5 Å². The summed E-state index contributed by atoms with van der Waals surface area (Å²) in [5.74, 6) is 0.181. The molecule has 4 nitrogen and oxygen atoms in total. The van der Waals surface area contributed by atoms with Gasteiger partial charge in [-0.1, -0.05) is 25.1 Å². The van der Waals surface area contributed by atoms with Crippen molar-refractivity contribution in [1.29, 1.82) is 0 Å². The van der Waals surface area contributed by atoms with E-state index in [4.69, 9.17) is 4.74 Å². The van der Waals surface area contributed by atoms with E-state index in [1.807, 2.05) is 38.1 Å². The number of aromatic nitrogens is 1. The Morgan fingerprint density at radius 1 is 1.21 bits per heavy atom. The van der Waals surface area contributed by atoms with Crippen LogP contribution < -0.4 is 10.1 Å². The molecule has 0 atom stereocenters. The van der Waals surface area contributed by atoms with Gasteiger partial charge in [-0.2, -0.15) is 0 Å². The molecule has 3 aromatic rings. The van der Waals surface area contributed by atoms with Crippen LogP contribution in [0.5, 0.6) is 5.75 Å². The van der Waals surface area contributed by atoms with Crippen LogP contribution in [0.4, 0.5) is 9.52 Å². The van der Waals surface area contributed by atoms with E-state index in [2.05, 4.69) is 10.3 Å². The van der Waals surface area contributed by atoms with Crippen molar-refractivity contribution in [2.24, 2.45) is 0 Å². The van der Waals surface area contributed by atoms with E-state index in [1.54, 1.807) is 18.2 Å². The molecular weight excluding hydrogens is 375 g/mol. The van der Waals surface area contributed by atoms with E-state index in [-0.39, 0.29) is 11.7 Å². The molecule has 0 bridgehead atoms. The molecule has 0 aliphatic carbocycles. The fourth-order valence-electron chi connectivity index (χ4n) is 2.60. The van der Waals surface area contributed by atoms with Crippen LogP contribution in [0.1, 0.15) is 23.8 Å². The summed E-state index contributed by atoms with van der Waals surface area (Å²) in [6.45, 7) is 4.59. The molecule has 6 heteroatoms. The van der Waals surface area contributed by atoms with Gasteiger partial charge in [-0.3, -0.25) is 10.1 Å². The maximum atomic E-state index is 13.1. The maximum Gasteiger partial charge on any atom is 0.250 e. The summed E-state index contributed by atoms with van der Waals surface area (Å²) < 4.78 is 18.8. The molecule has 2 aromatic carbocycles. The molecule has 1 aromatic heterocycles. The number of nitrogens with one attached hydrogen (secondary N) is 1. The Balaban J connectivity index is 1.70. The lowest BCUT2D eigenvalue weighted by Crippen LogP contribution is -2.07. The van der Waals surface area contributed by atoms with Gasteiger partial charge in [0.05, 0.1) is 12.3 Å². The molecular formula is C22H21FN2O2S. The van der Waals surface area contributed by atoms with Crippen LogP contribution in [0.3, 0.4) is 0 Å². The second-order valence-corrected chi connectivity index (χ2v) is 7.34. The second kappa shape index (κ2) is 9.28. The Hall–Kier alpha value is -2.99. The zero-order chi connectivity index (χ0) is 19.9. The van der Waals surface area contributed by atoms with Crippen molar-refractivity contribution in [2.45, 2.75) is 20.3 Å². The number of carbonyl (C=O) groups excluding carboxylic acids is 1. The number of nitrogens with zero attached hydrogens (tertiary/aromatic N) is 1. The molecule has 1 heterocycles. The summed E-state index contributed by atoms with van der Waals surface area (Å²) in [5.41, 5.74) is 2.39. The highest BCUT2D eigenvalue weighted by Gasteiger charge is 2.11. The van der Waals surface area contributed by atoms with Crippen LogP contribution in [0.2, 0.25) is 0 Å². The average molecular weight is 396 g/mol. The summed E-state index contributed by atoms with van der Waals surface area (Å²) >= 11 is 1.38. The molecule has 0 aliphatic heterocycles. The number of thiazole rings is 1. The SMILES string of the molecule is CCCOc1ccccc1/C=C/C(=O)Nc1nc(-c2ccc(F)cc2)c(C)s1. The minimum absolute atomic E-state index is 0.273. The number of ether oxygens (including phenoxy) is 1. The molecule has 0 spiro atoms. The predicted molar refractivity (Wildman–Crippen MR) is 112 cm³/mol. The fraction of sp³-hybridized carbons (Fsp3) is 0.182. The molecule has 0 fully saturated rings. The van der Waals surface area contributed by atoms with E-state index in [0.717, 1.165) is 33.9 Å². The van der Waals surface area contributed by atoms with Crippen LogP contribution in [0.25, 0.3) is 17.3 Å². The second-order valence-electron chi connectivity index (χ2n) is 6.14.